The zero-order valence-corrected chi connectivity index (χ0v) is 23.5. The van der Waals surface area contributed by atoms with Gasteiger partial charge in [0.2, 0.25) is 0 Å². The summed E-state index contributed by atoms with van der Waals surface area (Å²) < 4.78 is 28.4. The first-order valence-electron chi connectivity index (χ1n) is 14.3. The van der Waals surface area contributed by atoms with Gasteiger partial charge in [-0.1, -0.05) is 29.3 Å². The average Bonchev–Trinajstić information content (AvgIpc) is 3.50. The number of nitrogens with zero attached hydrogens (tertiary/aromatic N) is 3. The molecule has 1 aliphatic carbocycles. The number of likely N-dealkylation sites (tertiary alicyclic amines) is 2. The molecule has 0 atom stereocenters. The number of benzene rings is 1. The van der Waals surface area contributed by atoms with Crippen LogP contribution >= 0.6 is 0 Å². The van der Waals surface area contributed by atoms with Crippen LogP contribution in [0.5, 0.6) is 0 Å². The van der Waals surface area contributed by atoms with Crippen LogP contribution in [0.25, 0.3) is 10.9 Å². The van der Waals surface area contributed by atoms with Crippen LogP contribution in [-0.4, -0.2) is 61.6 Å². The van der Waals surface area contributed by atoms with E-state index in [1.807, 2.05) is 0 Å². The molecule has 0 radical (unpaired) electrons. The van der Waals surface area contributed by atoms with Crippen molar-refractivity contribution in [2.75, 3.05) is 32.7 Å². The van der Waals surface area contributed by atoms with E-state index in [1.54, 1.807) is 5.57 Å². The Morgan fingerprint density at radius 2 is 1.65 bits per heavy atom. The number of piperidine rings is 1. The van der Waals surface area contributed by atoms with Crippen molar-refractivity contribution in [2.45, 2.75) is 90.3 Å². The summed E-state index contributed by atoms with van der Waals surface area (Å²) in [6.45, 7) is 10.4. The fraction of sp³-hybridized carbons (Fsp3) is 0.655. The molecule has 7 nitrogen and oxygen atoms in total. The van der Waals surface area contributed by atoms with Crippen LogP contribution in [0, 0.1) is 0 Å². The van der Waals surface area contributed by atoms with E-state index in [2.05, 4.69) is 57.2 Å². The molecule has 2 saturated heterocycles. The number of nitrogens with two attached hydrogens (primary N) is 1. The maximum atomic E-state index is 11.6. The Bertz CT molecular complexity index is 1210. The highest BCUT2D eigenvalue weighted by molar-refractivity contribution is 7.87. The lowest BCUT2D eigenvalue weighted by molar-refractivity contribution is 0.116. The standard InChI is InChI=1S/C29H45N5O2S/c1-22(2)23-9-11-24(12-10-23)33-19-14-25(15-20-33)34-28-8-4-3-7-26(28)27(21-32-17-5-6-18-32)29(34)13-16-31-37(30,35)36/h3-4,7-8,24-25,31H,5-6,9-21H2,1-2H3,(H2,30,35,36). The Kier molecular flexibility index (Phi) is 8.41. The highest BCUT2D eigenvalue weighted by atomic mass is 32.2. The lowest BCUT2D eigenvalue weighted by Gasteiger charge is -2.41. The Hall–Kier alpha value is -1.71. The summed E-state index contributed by atoms with van der Waals surface area (Å²) in [7, 11) is -3.71. The first-order valence-corrected chi connectivity index (χ1v) is 15.8. The third kappa shape index (κ3) is 6.31. The molecular weight excluding hydrogens is 482 g/mol. The molecule has 0 spiro atoms. The van der Waals surface area contributed by atoms with E-state index in [-0.39, 0.29) is 0 Å². The average molecular weight is 528 g/mol. The van der Waals surface area contributed by atoms with Crippen molar-refractivity contribution >= 4 is 21.1 Å². The Morgan fingerprint density at radius 3 is 2.30 bits per heavy atom. The normalized spacial score (nSPS) is 22.8. The monoisotopic (exact) mass is 527 g/mol. The molecule has 2 aromatic rings. The van der Waals surface area contributed by atoms with Gasteiger partial charge in [-0.25, -0.2) is 9.86 Å². The minimum atomic E-state index is -3.71. The second-order valence-electron chi connectivity index (χ2n) is 11.6. The largest absolute Gasteiger partial charge is 0.341 e. The topological polar surface area (TPSA) is 83.6 Å². The molecule has 0 unspecified atom stereocenters. The van der Waals surface area contributed by atoms with Crippen LogP contribution in [0.2, 0.25) is 0 Å². The zero-order chi connectivity index (χ0) is 26.0. The number of hydrogen-bond acceptors (Lipinski definition) is 4. The van der Waals surface area contributed by atoms with Crippen LogP contribution in [0.1, 0.15) is 82.5 Å². The van der Waals surface area contributed by atoms with Crippen LogP contribution < -0.4 is 9.86 Å². The van der Waals surface area contributed by atoms with Gasteiger partial charge in [-0.3, -0.25) is 4.90 Å². The summed E-state index contributed by atoms with van der Waals surface area (Å²) >= 11 is 0. The third-order valence-electron chi connectivity index (χ3n) is 9.02. The minimum absolute atomic E-state index is 0.329. The minimum Gasteiger partial charge on any atom is -0.341 e. The smallest absolute Gasteiger partial charge is 0.274 e. The van der Waals surface area contributed by atoms with Gasteiger partial charge in [-0.15, -0.1) is 0 Å². The van der Waals surface area contributed by atoms with E-state index >= 15 is 0 Å². The summed E-state index contributed by atoms with van der Waals surface area (Å²) in [6, 6.07) is 9.95. The molecule has 8 heteroatoms. The molecule has 0 bridgehead atoms. The fourth-order valence-corrected chi connectivity index (χ4v) is 7.44. The number of rotatable bonds is 8. The van der Waals surface area contributed by atoms with Gasteiger partial charge in [-0.2, -0.15) is 8.42 Å². The van der Waals surface area contributed by atoms with Gasteiger partial charge in [0, 0.05) is 61.3 Å². The molecule has 204 valence electrons. The SMILES string of the molecule is CC(C)=C1CCC(N2CCC(n3c(CCNS(N)(=O)=O)c(CN4CCCC4)c4ccccc43)CC2)CC1. The molecule has 37 heavy (non-hydrogen) atoms. The van der Waals surface area contributed by atoms with Crippen molar-refractivity contribution in [2.24, 2.45) is 5.14 Å². The molecule has 1 saturated carbocycles. The Balaban J connectivity index is 1.38. The lowest BCUT2D eigenvalue weighted by atomic mass is 9.86. The zero-order valence-electron chi connectivity index (χ0n) is 22.7. The van der Waals surface area contributed by atoms with Crippen molar-refractivity contribution in [3.63, 3.8) is 0 Å². The third-order valence-corrected chi connectivity index (χ3v) is 9.63. The second kappa shape index (κ2) is 11.6. The number of fused-ring (bicyclic) bond motifs is 1. The van der Waals surface area contributed by atoms with Gasteiger partial charge < -0.3 is 9.47 Å². The maximum absolute atomic E-state index is 11.6. The fourth-order valence-electron chi connectivity index (χ4n) is 7.05. The molecule has 3 N–H and O–H groups in total. The predicted molar refractivity (Wildman–Crippen MR) is 152 cm³/mol. The molecule has 5 rings (SSSR count). The van der Waals surface area contributed by atoms with E-state index in [0.29, 0.717) is 19.0 Å². The van der Waals surface area contributed by atoms with Crippen LogP contribution in [-0.2, 0) is 23.2 Å². The summed E-state index contributed by atoms with van der Waals surface area (Å²) in [5.41, 5.74) is 7.15. The number of hydrogen-bond donors (Lipinski definition) is 2. The van der Waals surface area contributed by atoms with Gasteiger partial charge in [-0.05, 0) is 89.9 Å². The van der Waals surface area contributed by atoms with Crippen LogP contribution in [0.4, 0.5) is 0 Å². The van der Waals surface area contributed by atoms with Gasteiger partial charge >= 0.3 is 0 Å². The van der Waals surface area contributed by atoms with Crippen molar-refractivity contribution in [1.82, 2.24) is 19.1 Å². The first kappa shape index (κ1) is 26.9. The van der Waals surface area contributed by atoms with E-state index < -0.39 is 10.2 Å². The predicted octanol–water partition coefficient (Wildman–Crippen LogP) is 4.49. The first-order chi connectivity index (χ1) is 17.8. The Labute approximate surface area is 223 Å². The molecular formula is C29H45N5O2S. The second-order valence-corrected chi connectivity index (χ2v) is 13.0. The van der Waals surface area contributed by atoms with Crippen molar-refractivity contribution in [1.29, 1.82) is 0 Å². The van der Waals surface area contributed by atoms with Crippen molar-refractivity contribution < 1.29 is 8.42 Å². The molecule has 1 aromatic carbocycles. The molecule has 3 fully saturated rings. The quantitative estimate of drug-likeness (QED) is 0.496. The van der Waals surface area contributed by atoms with Crippen LogP contribution in [0.15, 0.2) is 35.4 Å². The van der Waals surface area contributed by atoms with Crippen molar-refractivity contribution in [3.05, 3.63) is 46.7 Å². The van der Waals surface area contributed by atoms with Gasteiger partial charge in [0.1, 0.15) is 0 Å². The number of allylic oxidation sites excluding steroid dienone is 2. The number of aromatic nitrogens is 1. The molecule has 2 aliphatic heterocycles. The lowest BCUT2D eigenvalue weighted by Crippen LogP contribution is -2.43. The summed E-state index contributed by atoms with van der Waals surface area (Å²) in [5, 5.41) is 6.60. The van der Waals surface area contributed by atoms with Gasteiger partial charge in [0.05, 0.1) is 0 Å². The summed E-state index contributed by atoms with van der Waals surface area (Å²) in [6.07, 6.45) is 10.6. The van der Waals surface area contributed by atoms with Crippen LogP contribution in [0.3, 0.4) is 0 Å². The molecule has 0 amide bonds. The molecule has 3 aliphatic rings. The van der Waals surface area contributed by atoms with E-state index in [4.69, 9.17) is 5.14 Å². The van der Waals surface area contributed by atoms with E-state index in [1.165, 1.54) is 66.3 Å². The maximum Gasteiger partial charge on any atom is 0.274 e. The summed E-state index contributed by atoms with van der Waals surface area (Å²) in [5.74, 6) is 0. The highest BCUT2D eigenvalue weighted by Gasteiger charge is 2.31. The van der Waals surface area contributed by atoms with Gasteiger partial charge in [0.25, 0.3) is 10.2 Å². The van der Waals surface area contributed by atoms with E-state index in [9.17, 15) is 8.42 Å². The Morgan fingerprint density at radius 1 is 0.973 bits per heavy atom. The van der Waals surface area contributed by atoms with Gasteiger partial charge in [0.15, 0.2) is 0 Å². The molecule has 3 heterocycles. The number of para-hydroxylation sites is 1. The highest BCUT2D eigenvalue weighted by Crippen LogP contribution is 2.37. The summed E-state index contributed by atoms with van der Waals surface area (Å²) in [4.78, 5) is 5.30. The van der Waals surface area contributed by atoms with E-state index in [0.717, 1.165) is 51.6 Å². The molecule has 1 aromatic heterocycles. The number of nitrogens with one attached hydrogen (secondary N) is 1. The van der Waals surface area contributed by atoms with Crippen molar-refractivity contribution in [3.8, 4) is 0 Å².